The van der Waals surface area contributed by atoms with Gasteiger partial charge in [-0.25, -0.2) is 0 Å². The van der Waals surface area contributed by atoms with Crippen LogP contribution in [0.5, 0.6) is 0 Å². The summed E-state index contributed by atoms with van der Waals surface area (Å²) in [6, 6.07) is 15.1. The molecule has 19 heavy (non-hydrogen) atoms. The lowest BCUT2D eigenvalue weighted by Gasteiger charge is -2.13. The zero-order valence-electron chi connectivity index (χ0n) is 11.2. The van der Waals surface area contributed by atoms with E-state index in [0.29, 0.717) is 0 Å². The fourth-order valence-corrected chi connectivity index (χ4v) is 3.45. The Hall–Kier alpha value is -0.770. The van der Waals surface area contributed by atoms with Gasteiger partial charge in [0.05, 0.1) is 0 Å². The lowest BCUT2D eigenvalue weighted by Crippen LogP contribution is -2.18. The van der Waals surface area contributed by atoms with E-state index in [4.69, 9.17) is 5.73 Å². The van der Waals surface area contributed by atoms with Crippen LogP contribution in [0.4, 0.5) is 0 Å². The number of hydrogen-bond acceptors (Lipinski definition) is 2. The van der Waals surface area contributed by atoms with Gasteiger partial charge in [0.25, 0.3) is 0 Å². The van der Waals surface area contributed by atoms with Crippen molar-refractivity contribution in [2.24, 2.45) is 5.73 Å². The fourth-order valence-electron chi connectivity index (χ4n) is 1.96. The molecule has 2 aromatic rings. The third-order valence-electron chi connectivity index (χ3n) is 2.81. The summed E-state index contributed by atoms with van der Waals surface area (Å²) in [5.74, 6) is 0. The Kier molecular flexibility index (Phi) is 5.08. The molecule has 2 aromatic carbocycles. The molecule has 0 aliphatic heterocycles. The first kappa shape index (κ1) is 14.6. The lowest BCUT2D eigenvalue weighted by atomic mass is 10.1. The minimum Gasteiger partial charge on any atom is -0.328 e. The van der Waals surface area contributed by atoms with Crippen LogP contribution in [0.1, 0.15) is 18.1 Å². The Labute approximate surface area is 127 Å². The first-order chi connectivity index (χ1) is 9.06. The van der Waals surface area contributed by atoms with Crippen LogP contribution in [0.2, 0.25) is 0 Å². The molecular weight excluding hydrogens is 318 g/mol. The lowest BCUT2D eigenvalue weighted by molar-refractivity contribution is 0.729. The highest BCUT2D eigenvalue weighted by atomic mass is 79.9. The molecule has 0 aliphatic carbocycles. The maximum atomic E-state index is 5.95. The van der Waals surface area contributed by atoms with Gasteiger partial charge in [-0.15, -0.1) is 0 Å². The predicted octanol–water partition coefficient (Wildman–Crippen LogP) is 4.80. The van der Waals surface area contributed by atoms with Crippen molar-refractivity contribution in [3.05, 3.63) is 58.1 Å². The number of rotatable bonds is 4. The van der Waals surface area contributed by atoms with Crippen LogP contribution in [0, 0.1) is 6.92 Å². The van der Waals surface area contributed by atoms with Crippen LogP contribution >= 0.6 is 27.7 Å². The van der Waals surface area contributed by atoms with E-state index in [-0.39, 0.29) is 6.04 Å². The highest BCUT2D eigenvalue weighted by Crippen LogP contribution is 2.35. The average Bonchev–Trinajstić information content (AvgIpc) is 2.34. The molecule has 1 unspecified atom stereocenters. The predicted molar refractivity (Wildman–Crippen MR) is 86.8 cm³/mol. The van der Waals surface area contributed by atoms with Crippen molar-refractivity contribution >= 4 is 27.7 Å². The largest absolute Gasteiger partial charge is 0.328 e. The Morgan fingerprint density at radius 3 is 2.58 bits per heavy atom. The van der Waals surface area contributed by atoms with Gasteiger partial charge >= 0.3 is 0 Å². The molecule has 0 aliphatic rings. The Morgan fingerprint density at radius 1 is 1.16 bits per heavy atom. The number of aryl methyl sites for hydroxylation is 1. The van der Waals surface area contributed by atoms with E-state index >= 15 is 0 Å². The van der Waals surface area contributed by atoms with Crippen molar-refractivity contribution in [3.63, 3.8) is 0 Å². The van der Waals surface area contributed by atoms with Crippen molar-refractivity contribution in [1.29, 1.82) is 0 Å². The zero-order chi connectivity index (χ0) is 13.8. The van der Waals surface area contributed by atoms with Crippen LogP contribution in [0.15, 0.2) is 56.7 Å². The van der Waals surface area contributed by atoms with Gasteiger partial charge < -0.3 is 5.73 Å². The van der Waals surface area contributed by atoms with Crippen molar-refractivity contribution < 1.29 is 0 Å². The third kappa shape index (κ3) is 4.10. The van der Waals surface area contributed by atoms with Crippen LogP contribution < -0.4 is 5.73 Å². The molecule has 0 aromatic heterocycles. The monoisotopic (exact) mass is 335 g/mol. The van der Waals surface area contributed by atoms with Crippen LogP contribution in [-0.4, -0.2) is 6.04 Å². The smallest absolute Gasteiger partial charge is 0.0314 e. The van der Waals surface area contributed by atoms with Gasteiger partial charge in [-0.05, 0) is 60.0 Å². The summed E-state index contributed by atoms with van der Waals surface area (Å²) in [6.07, 6.45) is 0.911. The second kappa shape index (κ2) is 6.60. The van der Waals surface area contributed by atoms with Gasteiger partial charge in [0.15, 0.2) is 0 Å². The molecule has 1 atom stereocenters. The van der Waals surface area contributed by atoms with Gasteiger partial charge in [-0.1, -0.05) is 41.6 Å². The van der Waals surface area contributed by atoms with Gasteiger partial charge in [-0.3, -0.25) is 0 Å². The summed E-state index contributed by atoms with van der Waals surface area (Å²) in [4.78, 5) is 2.52. The van der Waals surface area contributed by atoms with Crippen LogP contribution in [0.3, 0.4) is 0 Å². The topological polar surface area (TPSA) is 26.0 Å². The summed E-state index contributed by atoms with van der Waals surface area (Å²) in [5, 5.41) is 0. The van der Waals surface area contributed by atoms with Crippen LogP contribution in [0.25, 0.3) is 0 Å². The van der Waals surface area contributed by atoms with Crippen molar-refractivity contribution in [2.75, 3.05) is 0 Å². The van der Waals surface area contributed by atoms with Gasteiger partial charge in [-0.2, -0.15) is 0 Å². The van der Waals surface area contributed by atoms with Gasteiger partial charge in [0, 0.05) is 20.3 Å². The molecule has 2 N–H and O–H groups in total. The molecule has 3 heteroatoms. The van der Waals surface area contributed by atoms with E-state index in [1.54, 1.807) is 11.8 Å². The van der Waals surface area contributed by atoms with E-state index in [9.17, 15) is 0 Å². The highest BCUT2D eigenvalue weighted by Gasteiger charge is 2.08. The summed E-state index contributed by atoms with van der Waals surface area (Å²) < 4.78 is 1.13. The standard InChI is InChI=1S/C16H18BrNS/c1-11-7-8-15(13(9-11)10-12(2)18)19-16-6-4-3-5-14(16)17/h3-9,12H,10,18H2,1-2H3. The molecule has 0 radical (unpaired) electrons. The maximum Gasteiger partial charge on any atom is 0.0314 e. The second-order valence-electron chi connectivity index (χ2n) is 4.83. The maximum absolute atomic E-state index is 5.95. The molecule has 0 saturated carbocycles. The first-order valence-electron chi connectivity index (χ1n) is 6.34. The van der Waals surface area contributed by atoms with E-state index in [2.05, 4.69) is 66.2 Å². The summed E-state index contributed by atoms with van der Waals surface area (Å²) in [7, 11) is 0. The molecule has 0 heterocycles. The van der Waals surface area contributed by atoms with Crippen molar-refractivity contribution in [3.8, 4) is 0 Å². The molecule has 2 rings (SSSR count). The van der Waals surface area contributed by atoms with Crippen molar-refractivity contribution in [2.45, 2.75) is 36.1 Å². The number of benzene rings is 2. The number of hydrogen-bond donors (Lipinski definition) is 1. The van der Waals surface area contributed by atoms with Gasteiger partial charge in [0.1, 0.15) is 0 Å². The van der Waals surface area contributed by atoms with E-state index in [1.807, 2.05) is 6.07 Å². The molecule has 0 fully saturated rings. The highest BCUT2D eigenvalue weighted by molar-refractivity contribution is 9.10. The molecule has 0 bridgehead atoms. The Morgan fingerprint density at radius 2 is 1.89 bits per heavy atom. The molecule has 0 saturated heterocycles. The van der Waals surface area contributed by atoms with Crippen molar-refractivity contribution in [1.82, 2.24) is 0 Å². The Bertz CT molecular complexity index is 566. The van der Waals surface area contributed by atoms with Crippen LogP contribution in [-0.2, 0) is 6.42 Å². The average molecular weight is 336 g/mol. The Balaban J connectivity index is 2.32. The summed E-state index contributed by atoms with van der Waals surface area (Å²) in [5.41, 5.74) is 8.56. The fraction of sp³-hybridized carbons (Fsp3) is 0.250. The number of nitrogens with two attached hydrogens (primary N) is 1. The summed E-state index contributed by atoms with van der Waals surface area (Å²) >= 11 is 5.39. The SMILES string of the molecule is Cc1ccc(Sc2ccccc2Br)c(CC(C)N)c1. The zero-order valence-corrected chi connectivity index (χ0v) is 13.6. The third-order valence-corrected chi connectivity index (χ3v) is 4.96. The van der Waals surface area contributed by atoms with Gasteiger partial charge in [0.2, 0.25) is 0 Å². The molecule has 0 amide bonds. The summed E-state index contributed by atoms with van der Waals surface area (Å²) in [6.45, 7) is 4.17. The van der Waals surface area contributed by atoms with E-state index in [0.717, 1.165) is 10.9 Å². The minimum atomic E-state index is 0.181. The quantitative estimate of drug-likeness (QED) is 0.868. The first-order valence-corrected chi connectivity index (χ1v) is 7.94. The minimum absolute atomic E-state index is 0.181. The normalized spacial score (nSPS) is 12.4. The molecule has 1 nitrogen and oxygen atoms in total. The number of halogens is 1. The molecule has 0 spiro atoms. The molecular formula is C16H18BrNS. The van der Waals surface area contributed by atoms with E-state index < -0.39 is 0 Å². The van der Waals surface area contributed by atoms with E-state index in [1.165, 1.54) is 20.9 Å². The second-order valence-corrected chi connectivity index (χ2v) is 6.76. The molecule has 100 valence electrons.